The number of nitrogens with one attached hydrogen (secondary N) is 1. The maximum Gasteiger partial charge on any atom is 0.311 e. The van der Waals surface area contributed by atoms with Gasteiger partial charge in [0.15, 0.2) is 0 Å². The van der Waals surface area contributed by atoms with Crippen LogP contribution in [-0.2, 0) is 4.79 Å². The first kappa shape index (κ1) is 18.9. The van der Waals surface area contributed by atoms with E-state index in [1.807, 2.05) is 0 Å². The minimum Gasteiger partial charge on any atom is -0.481 e. The smallest absolute Gasteiger partial charge is 0.311 e. The van der Waals surface area contributed by atoms with E-state index in [-0.39, 0.29) is 17.9 Å². The number of carbonyl (C=O) groups is 3. The number of amides is 1. The molecule has 0 fully saturated rings. The monoisotopic (exact) mass is 359 g/mol. The molecule has 1 amide bonds. The molecule has 6 heteroatoms. The van der Waals surface area contributed by atoms with Crippen molar-refractivity contribution in [3.05, 3.63) is 57.8 Å². The van der Waals surface area contributed by atoms with Gasteiger partial charge < -0.3 is 10.4 Å². The largest absolute Gasteiger partial charge is 0.481 e. The highest BCUT2D eigenvalue weighted by Crippen LogP contribution is 2.26. The predicted octanol–water partition coefficient (Wildman–Crippen LogP) is 3.60. The Labute approximate surface area is 150 Å². The van der Waals surface area contributed by atoms with E-state index in [1.165, 1.54) is 11.3 Å². The molecule has 0 aliphatic carbocycles. The molecule has 1 aromatic heterocycles. The second-order valence-electron chi connectivity index (χ2n) is 5.83. The highest BCUT2D eigenvalue weighted by Gasteiger charge is 2.35. The zero-order chi connectivity index (χ0) is 18.4. The SMILES string of the molecule is CCC(CC)(CNC(=O)c1ccccc1C(=O)c1cccs1)C(=O)O. The van der Waals surface area contributed by atoms with Crippen LogP contribution in [0.3, 0.4) is 0 Å². The van der Waals surface area contributed by atoms with Crippen molar-refractivity contribution in [3.63, 3.8) is 0 Å². The molecule has 2 N–H and O–H groups in total. The molecule has 0 spiro atoms. The maximum atomic E-state index is 12.6. The highest BCUT2D eigenvalue weighted by molar-refractivity contribution is 7.12. The zero-order valence-electron chi connectivity index (χ0n) is 14.2. The number of ketones is 1. The minimum atomic E-state index is -0.998. The van der Waals surface area contributed by atoms with E-state index in [0.717, 1.165) is 0 Å². The van der Waals surface area contributed by atoms with E-state index >= 15 is 0 Å². The van der Waals surface area contributed by atoms with Gasteiger partial charge in [-0.15, -0.1) is 11.3 Å². The fourth-order valence-electron chi connectivity index (χ4n) is 2.64. The minimum absolute atomic E-state index is 0.0235. The number of carboxylic acids is 1. The third-order valence-corrected chi connectivity index (χ3v) is 5.42. The zero-order valence-corrected chi connectivity index (χ0v) is 15.1. The van der Waals surface area contributed by atoms with Gasteiger partial charge in [-0.1, -0.05) is 38.1 Å². The Morgan fingerprint density at radius 2 is 1.68 bits per heavy atom. The van der Waals surface area contributed by atoms with Gasteiger partial charge in [0.25, 0.3) is 5.91 Å². The molecule has 0 aliphatic heterocycles. The van der Waals surface area contributed by atoms with Gasteiger partial charge in [-0.3, -0.25) is 14.4 Å². The summed E-state index contributed by atoms with van der Waals surface area (Å²) < 4.78 is 0. The molecule has 132 valence electrons. The van der Waals surface area contributed by atoms with Gasteiger partial charge in [0.2, 0.25) is 5.78 Å². The summed E-state index contributed by atoms with van der Waals surface area (Å²) in [5.41, 5.74) is -0.425. The first-order chi connectivity index (χ1) is 11.9. The Balaban J connectivity index is 2.23. The van der Waals surface area contributed by atoms with Crippen LogP contribution in [0, 0.1) is 5.41 Å². The Morgan fingerprint density at radius 1 is 1.04 bits per heavy atom. The lowest BCUT2D eigenvalue weighted by Gasteiger charge is -2.27. The van der Waals surface area contributed by atoms with Crippen molar-refractivity contribution in [3.8, 4) is 0 Å². The number of carbonyl (C=O) groups excluding carboxylic acids is 2. The van der Waals surface area contributed by atoms with Crippen molar-refractivity contribution in [1.29, 1.82) is 0 Å². The van der Waals surface area contributed by atoms with Crippen LogP contribution in [0.15, 0.2) is 41.8 Å². The van der Waals surface area contributed by atoms with Crippen LogP contribution in [0.2, 0.25) is 0 Å². The lowest BCUT2D eigenvalue weighted by molar-refractivity contribution is -0.149. The molecule has 2 rings (SSSR count). The topological polar surface area (TPSA) is 83.5 Å². The summed E-state index contributed by atoms with van der Waals surface area (Å²) in [5, 5.41) is 14.0. The molecular weight excluding hydrogens is 338 g/mol. The van der Waals surface area contributed by atoms with Gasteiger partial charge in [-0.05, 0) is 30.4 Å². The van der Waals surface area contributed by atoms with Gasteiger partial charge in [0.1, 0.15) is 0 Å². The third-order valence-electron chi connectivity index (χ3n) is 4.56. The molecule has 0 radical (unpaired) electrons. The van der Waals surface area contributed by atoms with Crippen molar-refractivity contribution in [2.75, 3.05) is 6.54 Å². The van der Waals surface area contributed by atoms with Crippen molar-refractivity contribution < 1.29 is 19.5 Å². The maximum absolute atomic E-state index is 12.6. The van der Waals surface area contributed by atoms with E-state index in [4.69, 9.17) is 0 Å². The number of benzene rings is 1. The van der Waals surface area contributed by atoms with Crippen molar-refractivity contribution in [2.45, 2.75) is 26.7 Å². The lowest BCUT2D eigenvalue weighted by atomic mass is 9.82. The first-order valence-corrected chi connectivity index (χ1v) is 9.02. The molecule has 0 bridgehead atoms. The Hall–Kier alpha value is -2.47. The summed E-state index contributed by atoms with van der Waals surface area (Å²) in [6.45, 7) is 3.60. The van der Waals surface area contributed by atoms with E-state index in [9.17, 15) is 19.5 Å². The van der Waals surface area contributed by atoms with Crippen molar-refractivity contribution in [2.24, 2.45) is 5.41 Å². The highest BCUT2D eigenvalue weighted by atomic mass is 32.1. The number of aliphatic carboxylic acids is 1. The Bertz CT molecular complexity index is 763. The van der Waals surface area contributed by atoms with Crippen LogP contribution in [0.4, 0.5) is 0 Å². The summed E-state index contributed by atoms with van der Waals surface area (Å²) in [5.74, 6) is -1.58. The van der Waals surface area contributed by atoms with E-state index in [1.54, 1.807) is 55.6 Å². The van der Waals surface area contributed by atoms with Crippen molar-refractivity contribution in [1.82, 2.24) is 5.32 Å². The fraction of sp³-hybridized carbons (Fsp3) is 0.316. The van der Waals surface area contributed by atoms with Crippen LogP contribution in [-0.4, -0.2) is 29.3 Å². The van der Waals surface area contributed by atoms with Crippen LogP contribution in [0.1, 0.15) is 52.3 Å². The summed E-state index contributed by atoms with van der Waals surface area (Å²) in [6.07, 6.45) is 0.823. The van der Waals surface area contributed by atoms with Crippen LogP contribution >= 0.6 is 11.3 Å². The fourth-order valence-corrected chi connectivity index (χ4v) is 3.32. The molecule has 2 aromatic rings. The molecule has 1 aromatic carbocycles. The third kappa shape index (κ3) is 3.96. The van der Waals surface area contributed by atoms with E-state index in [2.05, 4.69) is 5.32 Å². The molecule has 0 unspecified atom stereocenters. The number of hydrogen-bond donors (Lipinski definition) is 2. The van der Waals surface area contributed by atoms with Gasteiger partial charge in [0.05, 0.1) is 15.9 Å². The summed E-state index contributed by atoms with van der Waals surface area (Å²) in [7, 11) is 0. The molecule has 25 heavy (non-hydrogen) atoms. The molecule has 1 heterocycles. The van der Waals surface area contributed by atoms with Gasteiger partial charge in [0, 0.05) is 12.1 Å². The number of carboxylic acid groups (broad SMARTS) is 1. The normalized spacial score (nSPS) is 11.1. The molecule has 0 saturated carbocycles. The van der Waals surface area contributed by atoms with Gasteiger partial charge >= 0.3 is 5.97 Å². The average Bonchev–Trinajstić information content (AvgIpc) is 3.16. The number of rotatable bonds is 8. The Kier molecular flexibility index (Phi) is 6.09. The quantitative estimate of drug-likeness (QED) is 0.706. The van der Waals surface area contributed by atoms with Crippen LogP contribution in [0.25, 0.3) is 0 Å². The summed E-state index contributed by atoms with van der Waals surface area (Å²) >= 11 is 1.32. The second-order valence-corrected chi connectivity index (χ2v) is 6.77. The number of hydrogen-bond acceptors (Lipinski definition) is 4. The van der Waals surface area contributed by atoms with E-state index < -0.39 is 17.3 Å². The molecule has 0 aliphatic rings. The molecular formula is C19H21NO4S. The number of thiophene rings is 1. The average molecular weight is 359 g/mol. The molecule has 0 saturated heterocycles. The van der Waals surface area contributed by atoms with Crippen molar-refractivity contribution >= 4 is 29.0 Å². The van der Waals surface area contributed by atoms with Gasteiger partial charge in [-0.25, -0.2) is 0 Å². The Morgan fingerprint density at radius 3 is 2.20 bits per heavy atom. The lowest BCUT2D eigenvalue weighted by Crippen LogP contribution is -2.42. The van der Waals surface area contributed by atoms with Gasteiger partial charge in [-0.2, -0.15) is 0 Å². The first-order valence-electron chi connectivity index (χ1n) is 8.14. The second kappa shape index (κ2) is 8.07. The summed E-state index contributed by atoms with van der Waals surface area (Å²) in [6, 6.07) is 10.1. The predicted molar refractivity (Wildman–Crippen MR) is 97.2 cm³/mol. The standard InChI is InChI=1S/C19H21NO4S/c1-3-19(4-2,18(23)24)12-20-17(22)14-9-6-5-8-13(14)16(21)15-10-7-11-25-15/h5-11H,3-4,12H2,1-2H3,(H,20,22)(H,23,24). The van der Waals surface area contributed by atoms with Crippen LogP contribution in [0.5, 0.6) is 0 Å². The van der Waals surface area contributed by atoms with E-state index in [0.29, 0.717) is 23.3 Å². The molecule has 5 nitrogen and oxygen atoms in total. The molecule has 0 atom stereocenters. The van der Waals surface area contributed by atoms with Crippen LogP contribution < -0.4 is 5.32 Å². The summed E-state index contributed by atoms with van der Waals surface area (Å²) in [4.78, 5) is 37.3.